The Morgan fingerprint density at radius 1 is 1.16 bits per heavy atom. The number of ether oxygens (including phenoxy) is 2. The molecule has 0 saturated carbocycles. The highest BCUT2D eigenvalue weighted by molar-refractivity contribution is 14.1. The number of halogens is 2. The topological polar surface area (TPSA) is 52.8 Å². The highest BCUT2D eigenvalue weighted by Crippen LogP contribution is 2.35. The maximum atomic E-state index is 13.4. The predicted molar refractivity (Wildman–Crippen MR) is 132 cm³/mol. The first-order valence-corrected chi connectivity index (χ1v) is 11.6. The summed E-state index contributed by atoms with van der Waals surface area (Å²) in [6.07, 6.45) is 1.83. The summed E-state index contributed by atoms with van der Waals surface area (Å²) in [5.74, 6) is 0.809. The average molecular weight is 558 g/mol. The summed E-state index contributed by atoms with van der Waals surface area (Å²) in [5.41, 5.74) is 3.05. The van der Waals surface area contributed by atoms with Gasteiger partial charge in [0.25, 0.3) is 5.56 Å². The number of para-hydroxylation sites is 2. The highest BCUT2D eigenvalue weighted by atomic mass is 127. The lowest BCUT2D eigenvalue weighted by molar-refractivity contribution is 0.282. The summed E-state index contributed by atoms with van der Waals surface area (Å²) in [5, 5.41) is 0. The van der Waals surface area contributed by atoms with E-state index < -0.39 is 0 Å². The minimum absolute atomic E-state index is 0.0981. The third kappa shape index (κ3) is 3.84. The molecule has 5 aromatic rings. The smallest absolute Gasteiger partial charge is 0.274 e. The molecule has 160 valence electrons. The number of imidazole rings is 1. The lowest BCUT2D eigenvalue weighted by Gasteiger charge is -2.13. The molecular formula is C24H16FIN2O3S. The Bertz CT molecular complexity index is 1580. The molecular weight excluding hydrogens is 542 g/mol. The van der Waals surface area contributed by atoms with E-state index in [0.29, 0.717) is 21.0 Å². The Hall–Kier alpha value is -2.98. The zero-order chi connectivity index (χ0) is 22.2. The van der Waals surface area contributed by atoms with Crippen molar-refractivity contribution in [3.63, 3.8) is 0 Å². The zero-order valence-electron chi connectivity index (χ0n) is 16.8. The van der Waals surface area contributed by atoms with Crippen LogP contribution in [-0.4, -0.2) is 16.5 Å². The van der Waals surface area contributed by atoms with Crippen LogP contribution in [0.3, 0.4) is 0 Å². The van der Waals surface area contributed by atoms with E-state index in [2.05, 4.69) is 27.6 Å². The summed E-state index contributed by atoms with van der Waals surface area (Å²) in [7, 11) is 1.56. The van der Waals surface area contributed by atoms with Crippen molar-refractivity contribution in [1.82, 2.24) is 9.38 Å². The molecule has 3 aromatic carbocycles. The highest BCUT2D eigenvalue weighted by Gasteiger charge is 2.14. The molecule has 2 heterocycles. The minimum atomic E-state index is -0.304. The molecule has 0 spiro atoms. The average Bonchev–Trinajstić information content (AvgIpc) is 3.29. The molecule has 5 nitrogen and oxygen atoms in total. The molecule has 0 atom stereocenters. The SMILES string of the molecule is COc1cc(/C=c2\sc3nc4ccccc4n3c2=O)cc(I)c1OCc1cccc(F)c1. The van der Waals surface area contributed by atoms with Crippen molar-refractivity contribution in [3.05, 3.63) is 96.1 Å². The molecule has 5 rings (SSSR count). The molecule has 0 aliphatic carbocycles. The van der Waals surface area contributed by atoms with Crippen molar-refractivity contribution >= 4 is 56.0 Å². The Kier molecular flexibility index (Phi) is 5.56. The zero-order valence-corrected chi connectivity index (χ0v) is 19.8. The van der Waals surface area contributed by atoms with Gasteiger partial charge in [-0.2, -0.15) is 0 Å². The lowest BCUT2D eigenvalue weighted by Crippen LogP contribution is -2.22. The number of rotatable bonds is 5. The van der Waals surface area contributed by atoms with Gasteiger partial charge < -0.3 is 9.47 Å². The van der Waals surface area contributed by atoms with Gasteiger partial charge in [-0.1, -0.05) is 35.6 Å². The summed E-state index contributed by atoms with van der Waals surface area (Å²) >= 11 is 3.52. The standard InChI is InChI=1S/C24H16FIN2O3S/c1-30-20-11-15(10-17(26)22(20)31-13-14-5-4-6-16(25)9-14)12-21-23(29)28-19-8-3-2-7-18(19)27-24(28)32-21/h2-12H,13H2,1H3/b21-12-. The van der Waals surface area contributed by atoms with Gasteiger partial charge in [0.05, 0.1) is 26.2 Å². The third-order valence-electron chi connectivity index (χ3n) is 4.97. The number of aromatic nitrogens is 2. The van der Waals surface area contributed by atoms with E-state index in [1.807, 2.05) is 42.5 Å². The normalized spacial score (nSPS) is 12.0. The molecule has 0 bridgehead atoms. The van der Waals surface area contributed by atoms with Gasteiger partial charge in [-0.25, -0.2) is 13.8 Å². The van der Waals surface area contributed by atoms with Crippen molar-refractivity contribution in [3.8, 4) is 11.5 Å². The third-order valence-corrected chi connectivity index (χ3v) is 6.74. The van der Waals surface area contributed by atoms with Crippen LogP contribution in [-0.2, 0) is 6.61 Å². The van der Waals surface area contributed by atoms with Crippen LogP contribution in [0.15, 0.2) is 65.5 Å². The van der Waals surface area contributed by atoms with E-state index >= 15 is 0 Å². The molecule has 0 unspecified atom stereocenters. The number of nitrogens with zero attached hydrogens (tertiary/aromatic N) is 2. The predicted octanol–water partition coefficient (Wildman–Crippen LogP) is 4.79. The number of fused-ring (bicyclic) bond motifs is 3. The van der Waals surface area contributed by atoms with E-state index in [-0.39, 0.29) is 18.0 Å². The van der Waals surface area contributed by atoms with E-state index in [0.717, 1.165) is 25.7 Å². The quantitative estimate of drug-likeness (QED) is 0.292. The van der Waals surface area contributed by atoms with E-state index in [1.54, 1.807) is 23.6 Å². The number of methoxy groups -OCH3 is 1. The fraction of sp³-hybridized carbons (Fsp3) is 0.0833. The first-order valence-electron chi connectivity index (χ1n) is 9.70. The number of hydrogen-bond donors (Lipinski definition) is 0. The summed E-state index contributed by atoms with van der Waals surface area (Å²) in [4.78, 5) is 18.2. The first-order chi connectivity index (χ1) is 15.5. The van der Waals surface area contributed by atoms with Crippen molar-refractivity contribution in [2.45, 2.75) is 6.61 Å². The molecule has 0 amide bonds. The Labute approximate surface area is 199 Å². The van der Waals surface area contributed by atoms with E-state index in [1.165, 1.54) is 23.5 Å². The summed E-state index contributed by atoms with van der Waals surface area (Å²) in [6.45, 7) is 0.215. The van der Waals surface area contributed by atoms with Crippen molar-refractivity contribution < 1.29 is 13.9 Å². The van der Waals surface area contributed by atoms with Gasteiger partial charge in [-0.05, 0) is 76.2 Å². The lowest BCUT2D eigenvalue weighted by atomic mass is 10.2. The van der Waals surface area contributed by atoms with Gasteiger partial charge in [-0.3, -0.25) is 4.79 Å². The fourth-order valence-electron chi connectivity index (χ4n) is 3.51. The molecule has 2 aromatic heterocycles. The van der Waals surface area contributed by atoms with Crippen LogP contribution in [0, 0.1) is 9.39 Å². The van der Waals surface area contributed by atoms with Crippen molar-refractivity contribution in [2.75, 3.05) is 7.11 Å². The number of thiazole rings is 1. The number of benzene rings is 3. The molecule has 32 heavy (non-hydrogen) atoms. The van der Waals surface area contributed by atoms with Crippen LogP contribution >= 0.6 is 33.9 Å². The monoisotopic (exact) mass is 558 g/mol. The van der Waals surface area contributed by atoms with Gasteiger partial charge in [0.2, 0.25) is 0 Å². The van der Waals surface area contributed by atoms with Crippen LogP contribution in [0.25, 0.3) is 22.1 Å². The molecule has 0 aliphatic rings. The molecule has 0 saturated heterocycles. The van der Waals surface area contributed by atoms with E-state index in [4.69, 9.17) is 9.47 Å². The van der Waals surface area contributed by atoms with Crippen LogP contribution in [0.1, 0.15) is 11.1 Å². The first kappa shape index (κ1) is 20.9. The summed E-state index contributed by atoms with van der Waals surface area (Å²) < 4.78 is 27.9. The largest absolute Gasteiger partial charge is 0.493 e. The molecule has 8 heteroatoms. The molecule has 0 radical (unpaired) electrons. The van der Waals surface area contributed by atoms with Crippen LogP contribution < -0.4 is 19.6 Å². The molecule has 0 N–H and O–H groups in total. The molecule has 0 fully saturated rings. The van der Waals surface area contributed by atoms with Crippen molar-refractivity contribution in [2.24, 2.45) is 0 Å². The second kappa shape index (κ2) is 8.51. The number of hydrogen-bond acceptors (Lipinski definition) is 5. The van der Waals surface area contributed by atoms with Crippen LogP contribution in [0.4, 0.5) is 4.39 Å². The minimum Gasteiger partial charge on any atom is -0.493 e. The maximum absolute atomic E-state index is 13.4. The van der Waals surface area contributed by atoms with Crippen molar-refractivity contribution in [1.29, 1.82) is 0 Å². The second-order valence-corrected chi connectivity index (χ2v) is 9.26. The Morgan fingerprint density at radius 3 is 2.81 bits per heavy atom. The Balaban J connectivity index is 1.52. The summed E-state index contributed by atoms with van der Waals surface area (Å²) in [6, 6.07) is 17.6. The van der Waals surface area contributed by atoms with Gasteiger partial charge >= 0.3 is 0 Å². The van der Waals surface area contributed by atoms with Gasteiger partial charge in [-0.15, -0.1) is 0 Å². The molecule has 0 aliphatic heterocycles. The van der Waals surface area contributed by atoms with Gasteiger partial charge in [0, 0.05) is 0 Å². The van der Waals surface area contributed by atoms with Gasteiger partial charge in [0.15, 0.2) is 16.5 Å². The fourth-order valence-corrected chi connectivity index (χ4v) is 5.28. The van der Waals surface area contributed by atoms with Gasteiger partial charge in [0.1, 0.15) is 12.4 Å². The van der Waals surface area contributed by atoms with E-state index in [9.17, 15) is 9.18 Å². The Morgan fingerprint density at radius 2 is 2.00 bits per heavy atom. The van der Waals surface area contributed by atoms with Crippen LogP contribution in [0.5, 0.6) is 11.5 Å². The second-order valence-electron chi connectivity index (χ2n) is 7.09. The maximum Gasteiger partial charge on any atom is 0.274 e. The van der Waals surface area contributed by atoms with Crippen LogP contribution in [0.2, 0.25) is 0 Å².